The quantitative estimate of drug-likeness (QED) is 0.643. The smallest absolute Gasteiger partial charge is 0.155 e. The molecule has 0 saturated heterocycles. The van der Waals surface area contributed by atoms with E-state index in [0.717, 1.165) is 29.1 Å². The van der Waals surface area contributed by atoms with Crippen LogP contribution < -0.4 is 4.74 Å². The Morgan fingerprint density at radius 3 is 2.65 bits per heavy atom. The highest BCUT2D eigenvalue weighted by Gasteiger charge is 2.14. The number of halogens is 1. The molecule has 3 heterocycles. The molecule has 0 aromatic carbocycles. The molecule has 4 nitrogen and oxygen atoms in total. The predicted octanol–water partition coefficient (Wildman–Crippen LogP) is 4.86. The van der Waals surface area contributed by atoms with Crippen molar-refractivity contribution in [3.8, 4) is 22.9 Å². The highest BCUT2D eigenvalue weighted by Crippen LogP contribution is 2.33. The second kappa shape index (κ2) is 6.75. The van der Waals surface area contributed by atoms with Crippen LogP contribution in [0.4, 0.5) is 0 Å². The average Bonchev–Trinajstić information content (AvgIpc) is 2.56. The lowest BCUT2D eigenvalue weighted by Crippen LogP contribution is -1.99. The molecule has 3 aromatic heterocycles. The van der Waals surface area contributed by atoms with Gasteiger partial charge >= 0.3 is 0 Å². The summed E-state index contributed by atoms with van der Waals surface area (Å²) in [6, 6.07) is 11.2. The minimum atomic E-state index is 0.386. The summed E-state index contributed by atoms with van der Waals surface area (Å²) in [5.74, 6) is 1.27. The number of aromatic nitrogens is 3. The molecule has 0 amide bonds. The topological polar surface area (TPSA) is 47.9 Å². The number of aryl methyl sites for hydroxylation is 2. The largest absolute Gasteiger partial charge is 0.455 e. The van der Waals surface area contributed by atoms with Gasteiger partial charge in [0, 0.05) is 24.2 Å². The number of rotatable bonds is 4. The third-order valence-electron chi connectivity index (χ3n) is 3.45. The van der Waals surface area contributed by atoms with Crippen LogP contribution in [0.3, 0.4) is 0 Å². The Balaban J connectivity index is 2.09. The highest BCUT2D eigenvalue weighted by atomic mass is 35.5. The molecule has 0 saturated carbocycles. The van der Waals surface area contributed by atoms with E-state index in [-0.39, 0.29) is 0 Å². The zero-order chi connectivity index (χ0) is 16.2. The van der Waals surface area contributed by atoms with E-state index in [1.54, 1.807) is 24.5 Å². The van der Waals surface area contributed by atoms with Gasteiger partial charge in [-0.2, -0.15) is 0 Å². The van der Waals surface area contributed by atoms with E-state index in [2.05, 4.69) is 16.9 Å². The standard InChI is InChI=1S/C18H16ClN3O/c1-3-14-12(2)10-16(23-13-7-9-21-17(19)11-13)18(22-14)15-6-4-5-8-20-15/h4-11H,3H2,1-2H3. The summed E-state index contributed by atoms with van der Waals surface area (Å²) < 4.78 is 6.00. The third-order valence-corrected chi connectivity index (χ3v) is 3.66. The van der Waals surface area contributed by atoms with Gasteiger partial charge in [0.1, 0.15) is 16.6 Å². The zero-order valence-corrected chi connectivity index (χ0v) is 13.7. The Morgan fingerprint density at radius 1 is 1.09 bits per heavy atom. The molecule has 23 heavy (non-hydrogen) atoms. The fourth-order valence-corrected chi connectivity index (χ4v) is 2.49. The van der Waals surface area contributed by atoms with E-state index < -0.39 is 0 Å². The maximum atomic E-state index is 6.00. The van der Waals surface area contributed by atoms with Crippen LogP contribution in [0.25, 0.3) is 11.4 Å². The van der Waals surface area contributed by atoms with E-state index in [4.69, 9.17) is 21.3 Å². The molecular formula is C18H16ClN3O. The van der Waals surface area contributed by atoms with Crippen LogP contribution in [0.5, 0.6) is 11.5 Å². The Bertz CT molecular complexity index is 822. The normalized spacial score (nSPS) is 10.6. The average molecular weight is 326 g/mol. The highest BCUT2D eigenvalue weighted by molar-refractivity contribution is 6.29. The van der Waals surface area contributed by atoms with Crippen molar-refractivity contribution in [1.82, 2.24) is 15.0 Å². The van der Waals surface area contributed by atoms with Gasteiger partial charge in [0.05, 0.1) is 5.69 Å². The summed E-state index contributed by atoms with van der Waals surface area (Å²) in [5.41, 5.74) is 3.62. The van der Waals surface area contributed by atoms with E-state index in [1.165, 1.54) is 0 Å². The number of nitrogens with zero attached hydrogens (tertiary/aromatic N) is 3. The summed E-state index contributed by atoms with van der Waals surface area (Å²) in [4.78, 5) is 13.1. The molecule has 0 unspecified atom stereocenters. The van der Waals surface area contributed by atoms with Crippen LogP contribution in [0.2, 0.25) is 5.15 Å². The van der Waals surface area contributed by atoms with Gasteiger partial charge in [0.25, 0.3) is 0 Å². The van der Waals surface area contributed by atoms with Crippen LogP contribution >= 0.6 is 11.6 Å². The second-order valence-electron chi connectivity index (χ2n) is 5.08. The van der Waals surface area contributed by atoms with Crippen LogP contribution in [0.1, 0.15) is 18.2 Å². The van der Waals surface area contributed by atoms with Crippen molar-refractivity contribution >= 4 is 11.6 Å². The first-order valence-electron chi connectivity index (χ1n) is 7.38. The molecule has 5 heteroatoms. The fourth-order valence-electron chi connectivity index (χ4n) is 2.32. The van der Waals surface area contributed by atoms with Crippen LogP contribution in [0.15, 0.2) is 48.8 Å². The van der Waals surface area contributed by atoms with Crippen LogP contribution in [0, 0.1) is 6.92 Å². The molecule has 0 aliphatic rings. The molecular weight excluding hydrogens is 310 g/mol. The lowest BCUT2D eigenvalue weighted by atomic mass is 10.1. The molecule has 0 fully saturated rings. The summed E-state index contributed by atoms with van der Waals surface area (Å²) in [5, 5.41) is 0.386. The summed E-state index contributed by atoms with van der Waals surface area (Å²) in [7, 11) is 0. The van der Waals surface area contributed by atoms with E-state index in [1.807, 2.05) is 31.2 Å². The van der Waals surface area contributed by atoms with Crippen LogP contribution in [-0.2, 0) is 6.42 Å². The van der Waals surface area contributed by atoms with Crippen molar-refractivity contribution in [3.63, 3.8) is 0 Å². The molecule has 0 aliphatic carbocycles. The van der Waals surface area contributed by atoms with Gasteiger partial charge in [0.2, 0.25) is 0 Å². The summed E-state index contributed by atoms with van der Waals surface area (Å²) in [6.45, 7) is 4.11. The number of hydrogen-bond donors (Lipinski definition) is 0. The van der Waals surface area contributed by atoms with Crippen molar-refractivity contribution in [1.29, 1.82) is 0 Å². The number of hydrogen-bond acceptors (Lipinski definition) is 4. The third kappa shape index (κ3) is 3.48. The monoisotopic (exact) mass is 325 g/mol. The summed E-state index contributed by atoms with van der Waals surface area (Å²) in [6.07, 6.45) is 4.21. The number of pyridine rings is 3. The predicted molar refractivity (Wildman–Crippen MR) is 90.9 cm³/mol. The number of ether oxygens (including phenoxy) is 1. The maximum Gasteiger partial charge on any atom is 0.155 e. The Kier molecular flexibility index (Phi) is 4.53. The van der Waals surface area contributed by atoms with Crippen molar-refractivity contribution < 1.29 is 4.74 Å². The first kappa shape index (κ1) is 15.4. The molecule has 0 N–H and O–H groups in total. The zero-order valence-electron chi connectivity index (χ0n) is 13.0. The molecule has 3 aromatic rings. The van der Waals surface area contributed by atoms with Gasteiger partial charge in [0.15, 0.2) is 5.75 Å². The van der Waals surface area contributed by atoms with Crippen LogP contribution in [-0.4, -0.2) is 15.0 Å². The molecule has 116 valence electrons. The van der Waals surface area contributed by atoms with Gasteiger partial charge in [-0.25, -0.2) is 9.97 Å². The Labute approximate surface area is 140 Å². The van der Waals surface area contributed by atoms with E-state index in [0.29, 0.717) is 16.7 Å². The molecule has 0 aliphatic heterocycles. The van der Waals surface area contributed by atoms with Crippen molar-refractivity contribution in [2.24, 2.45) is 0 Å². The SMILES string of the molecule is CCc1nc(-c2ccccn2)c(Oc2ccnc(Cl)c2)cc1C. The second-order valence-corrected chi connectivity index (χ2v) is 5.47. The molecule has 3 rings (SSSR count). The lowest BCUT2D eigenvalue weighted by Gasteiger charge is -2.13. The van der Waals surface area contributed by atoms with Gasteiger partial charge in [-0.15, -0.1) is 0 Å². The minimum absolute atomic E-state index is 0.386. The first-order chi connectivity index (χ1) is 11.2. The van der Waals surface area contributed by atoms with Crippen molar-refractivity contribution in [3.05, 3.63) is 65.2 Å². The molecule has 0 atom stereocenters. The van der Waals surface area contributed by atoms with Gasteiger partial charge in [-0.3, -0.25) is 4.98 Å². The van der Waals surface area contributed by atoms with Gasteiger partial charge in [-0.1, -0.05) is 24.6 Å². The van der Waals surface area contributed by atoms with Gasteiger partial charge in [-0.05, 0) is 43.2 Å². The fraction of sp³-hybridized carbons (Fsp3) is 0.167. The van der Waals surface area contributed by atoms with E-state index >= 15 is 0 Å². The van der Waals surface area contributed by atoms with Crippen molar-refractivity contribution in [2.45, 2.75) is 20.3 Å². The first-order valence-corrected chi connectivity index (χ1v) is 7.76. The Hall–Kier alpha value is -2.46. The maximum absolute atomic E-state index is 6.00. The minimum Gasteiger partial charge on any atom is -0.455 e. The summed E-state index contributed by atoms with van der Waals surface area (Å²) >= 11 is 5.93. The molecule has 0 bridgehead atoms. The van der Waals surface area contributed by atoms with Gasteiger partial charge < -0.3 is 4.74 Å². The van der Waals surface area contributed by atoms with E-state index in [9.17, 15) is 0 Å². The lowest BCUT2D eigenvalue weighted by molar-refractivity contribution is 0.480. The molecule has 0 spiro atoms. The molecule has 0 radical (unpaired) electrons. The van der Waals surface area contributed by atoms with Crippen molar-refractivity contribution in [2.75, 3.05) is 0 Å². The Morgan fingerprint density at radius 2 is 1.96 bits per heavy atom.